The molecule has 0 aliphatic carbocycles. The van der Waals surface area contributed by atoms with Gasteiger partial charge in [-0.15, -0.1) is 0 Å². The number of para-hydroxylation sites is 1. The minimum Gasteiger partial charge on any atom is -0.323 e. The second kappa shape index (κ2) is 4.35. The smallest absolute Gasteiger partial charge is 0.323 e. The lowest BCUT2D eigenvalue weighted by molar-refractivity contribution is -0.123. The molecule has 0 radical (unpaired) electrons. The van der Waals surface area contributed by atoms with Gasteiger partial charge in [-0.05, 0) is 32.0 Å². The highest BCUT2D eigenvalue weighted by atomic mass is 16.2. The van der Waals surface area contributed by atoms with Crippen molar-refractivity contribution in [2.24, 2.45) is 0 Å². The van der Waals surface area contributed by atoms with Gasteiger partial charge >= 0.3 is 6.03 Å². The fourth-order valence-corrected chi connectivity index (χ4v) is 2.77. The third-order valence-corrected chi connectivity index (χ3v) is 4.02. The number of nitrogens with zero attached hydrogens (tertiary/aromatic N) is 2. The van der Waals surface area contributed by atoms with Crippen molar-refractivity contribution in [1.29, 1.82) is 0 Å². The molecule has 2 saturated heterocycles. The molecule has 5 nitrogen and oxygen atoms in total. The van der Waals surface area contributed by atoms with E-state index >= 15 is 0 Å². The first-order chi connectivity index (χ1) is 9.12. The molecule has 19 heavy (non-hydrogen) atoms. The van der Waals surface area contributed by atoms with Crippen LogP contribution in [0.4, 0.5) is 10.5 Å². The van der Waals surface area contributed by atoms with Gasteiger partial charge in [0.1, 0.15) is 5.54 Å². The molecule has 0 saturated carbocycles. The van der Waals surface area contributed by atoms with Gasteiger partial charge in [-0.1, -0.05) is 18.2 Å². The molecule has 1 aromatic carbocycles. The first-order valence-corrected chi connectivity index (χ1v) is 6.53. The van der Waals surface area contributed by atoms with Crippen molar-refractivity contribution in [2.45, 2.75) is 18.4 Å². The van der Waals surface area contributed by atoms with E-state index < -0.39 is 5.54 Å². The van der Waals surface area contributed by atoms with Gasteiger partial charge in [0.05, 0.1) is 5.69 Å². The Balaban J connectivity index is 1.90. The summed E-state index contributed by atoms with van der Waals surface area (Å²) in [6.07, 6.45) is 1.36. The number of amides is 3. The van der Waals surface area contributed by atoms with Crippen LogP contribution >= 0.6 is 0 Å². The molecule has 2 fully saturated rings. The summed E-state index contributed by atoms with van der Waals surface area (Å²) in [5.41, 5.74) is -0.0554. The zero-order valence-electron chi connectivity index (χ0n) is 10.9. The number of imide groups is 1. The van der Waals surface area contributed by atoms with E-state index in [4.69, 9.17) is 0 Å². The summed E-state index contributed by atoms with van der Waals surface area (Å²) in [6.45, 7) is 1.66. The monoisotopic (exact) mass is 259 g/mol. The van der Waals surface area contributed by atoms with Crippen LogP contribution in [0.1, 0.15) is 12.8 Å². The maximum Gasteiger partial charge on any atom is 0.329 e. The SMILES string of the molecule is CN1CCC2(CC1)NC(=O)N(c1ccccc1)C2=O. The molecule has 1 spiro atoms. The summed E-state index contributed by atoms with van der Waals surface area (Å²) in [6, 6.07) is 8.79. The second-order valence-electron chi connectivity index (χ2n) is 5.29. The Bertz CT molecular complexity index is 507. The Morgan fingerprint density at radius 1 is 1.11 bits per heavy atom. The minimum atomic E-state index is -0.695. The number of hydrogen-bond donors (Lipinski definition) is 1. The quantitative estimate of drug-likeness (QED) is 0.771. The number of carbonyl (C=O) groups excluding carboxylic acids is 2. The molecule has 0 aromatic heterocycles. The summed E-state index contributed by atoms with van der Waals surface area (Å²) in [4.78, 5) is 28.2. The molecule has 3 rings (SSSR count). The van der Waals surface area contributed by atoms with E-state index in [-0.39, 0.29) is 11.9 Å². The third kappa shape index (κ3) is 1.90. The molecular formula is C14H17N3O2. The normalized spacial score (nSPS) is 22.9. The number of carbonyl (C=O) groups is 2. The lowest BCUT2D eigenvalue weighted by Crippen LogP contribution is -2.54. The van der Waals surface area contributed by atoms with Crippen molar-refractivity contribution in [2.75, 3.05) is 25.0 Å². The first kappa shape index (κ1) is 12.2. The van der Waals surface area contributed by atoms with Gasteiger partial charge in [0.25, 0.3) is 5.91 Å². The number of hydrogen-bond acceptors (Lipinski definition) is 3. The summed E-state index contributed by atoms with van der Waals surface area (Å²) >= 11 is 0. The van der Waals surface area contributed by atoms with Gasteiger partial charge in [-0.3, -0.25) is 4.79 Å². The molecule has 1 N–H and O–H groups in total. The van der Waals surface area contributed by atoms with Crippen LogP contribution in [0.3, 0.4) is 0 Å². The predicted molar refractivity (Wildman–Crippen MR) is 71.9 cm³/mol. The number of anilines is 1. The molecule has 5 heteroatoms. The van der Waals surface area contributed by atoms with Crippen molar-refractivity contribution < 1.29 is 9.59 Å². The number of nitrogens with one attached hydrogen (secondary N) is 1. The Hall–Kier alpha value is -1.88. The molecule has 3 amide bonds. The minimum absolute atomic E-state index is 0.114. The predicted octanol–water partition coefficient (Wildman–Crippen LogP) is 1.21. The van der Waals surface area contributed by atoms with Crippen molar-refractivity contribution in [3.8, 4) is 0 Å². The van der Waals surface area contributed by atoms with E-state index in [1.165, 1.54) is 4.90 Å². The summed E-state index contributed by atoms with van der Waals surface area (Å²) in [5.74, 6) is -0.114. The maximum atomic E-state index is 12.6. The summed E-state index contributed by atoms with van der Waals surface area (Å²) < 4.78 is 0. The largest absolute Gasteiger partial charge is 0.329 e. The Kier molecular flexibility index (Phi) is 2.78. The van der Waals surface area contributed by atoms with Crippen LogP contribution in [-0.2, 0) is 4.79 Å². The molecule has 1 aromatic rings. The van der Waals surface area contributed by atoms with Crippen molar-refractivity contribution in [1.82, 2.24) is 10.2 Å². The highest BCUT2D eigenvalue weighted by Crippen LogP contribution is 2.31. The zero-order valence-corrected chi connectivity index (χ0v) is 10.9. The van der Waals surface area contributed by atoms with E-state index in [1.54, 1.807) is 12.1 Å². The highest BCUT2D eigenvalue weighted by molar-refractivity contribution is 6.23. The molecule has 2 aliphatic heterocycles. The Morgan fingerprint density at radius 2 is 1.74 bits per heavy atom. The maximum absolute atomic E-state index is 12.6. The van der Waals surface area contributed by atoms with E-state index in [0.29, 0.717) is 18.5 Å². The standard InChI is InChI=1S/C14H17N3O2/c1-16-9-7-14(8-10-16)12(18)17(13(19)15-14)11-5-3-2-4-6-11/h2-6H,7-10H2,1H3,(H,15,19). The van der Waals surface area contributed by atoms with E-state index in [1.807, 2.05) is 25.2 Å². The van der Waals surface area contributed by atoms with Gasteiger partial charge in [0.15, 0.2) is 0 Å². The Labute approximate surface area is 112 Å². The van der Waals surface area contributed by atoms with Gasteiger partial charge in [-0.25, -0.2) is 9.69 Å². The van der Waals surface area contributed by atoms with Gasteiger partial charge in [0, 0.05) is 13.1 Å². The van der Waals surface area contributed by atoms with Crippen molar-refractivity contribution in [3.05, 3.63) is 30.3 Å². The summed E-state index contributed by atoms with van der Waals surface area (Å²) in [5, 5.41) is 2.90. The molecule has 0 atom stereocenters. The zero-order chi connectivity index (χ0) is 13.5. The van der Waals surface area contributed by atoms with Crippen molar-refractivity contribution in [3.63, 3.8) is 0 Å². The topological polar surface area (TPSA) is 52.7 Å². The summed E-state index contributed by atoms with van der Waals surface area (Å²) in [7, 11) is 2.03. The van der Waals surface area contributed by atoms with Crippen LogP contribution < -0.4 is 10.2 Å². The first-order valence-electron chi connectivity index (χ1n) is 6.53. The number of urea groups is 1. The number of benzene rings is 1. The van der Waals surface area contributed by atoms with Crippen LogP contribution in [0.5, 0.6) is 0 Å². The fraction of sp³-hybridized carbons (Fsp3) is 0.429. The van der Waals surface area contributed by atoms with E-state index in [0.717, 1.165) is 13.1 Å². The van der Waals surface area contributed by atoms with Gasteiger partial charge < -0.3 is 10.2 Å². The molecule has 2 heterocycles. The lowest BCUT2D eigenvalue weighted by atomic mass is 9.87. The van der Waals surface area contributed by atoms with E-state index in [9.17, 15) is 9.59 Å². The van der Waals surface area contributed by atoms with Crippen LogP contribution in [0.15, 0.2) is 30.3 Å². The molecule has 100 valence electrons. The van der Waals surface area contributed by atoms with Crippen LogP contribution in [0.25, 0.3) is 0 Å². The molecule has 0 bridgehead atoms. The molecular weight excluding hydrogens is 242 g/mol. The molecule has 0 unspecified atom stereocenters. The lowest BCUT2D eigenvalue weighted by Gasteiger charge is -2.35. The fourth-order valence-electron chi connectivity index (χ4n) is 2.77. The molecule has 2 aliphatic rings. The van der Waals surface area contributed by atoms with Crippen LogP contribution in [0, 0.1) is 0 Å². The van der Waals surface area contributed by atoms with Crippen LogP contribution in [-0.4, -0.2) is 42.5 Å². The van der Waals surface area contributed by atoms with Gasteiger partial charge in [-0.2, -0.15) is 0 Å². The second-order valence-corrected chi connectivity index (χ2v) is 5.29. The van der Waals surface area contributed by atoms with Crippen LogP contribution in [0.2, 0.25) is 0 Å². The highest BCUT2D eigenvalue weighted by Gasteiger charge is 2.52. The third-order valence-electron chi connectivity index (χ3n) is 4.02. The van der Waals surface area contributed by atoms with Gasteiger partial charge in [0.2, 0.25) is 0 Å². The van der Waals surface area contributed by atoms with Crippen molar-refractivity contribution >= 4 is 17.6 Å². The number of piperidine rings is 1. The number of likely N-dealkylation sites (tertiary alicyclic amines) is 1. The average Bonchev–Trinajstić information content (AvgIpc) is 2.66. The number of rotatable bonds is 1. The Morgan fingerprint density at radius 3 is 2.37 bits per heavy atom. The van der Waals surface area contributed by atoms with E-state index in [2.05, 4.69) is 10.2 Å². The average molecular weight is 259 g/mol.